The van der Waals surface area contributed by atoms with Crippen LogP contribution in [0.5, 0.6) is 5.88 Å². The summed E-state index contributed by atoms with van der Waals surface area (Å²) in [5.41, 5.74) is 1.83. The molecule has 4 heterocycles. The second kappa shape index (κ2) is 11.4. The molecule has 1 fully saturated rings. The molecule has 0 radical (unpaired) electrons. The lowest BCUT2D eigenvalue weighted by Gasteiger charge is -2.36. The van der Waals surface area contributed by atoms with E-state index in [2.05, 4.69) is 50.2 Å². The van der Waals surface area contributed by atoms with E-state index in [1.165, 1.54) is 0 Å². The maximum Gasteiger partial charge on any atom is 0.257 e. The highest BCUT2D eigenvalue weighted by atomic mass is 28.4. The van der Waals surface area contributed by atoms with E-state index in [4.69, 9.17) is 28.7 Å². The topological polar surface area (TPSA) is 121 Å². The van der Waals surface area contributed by atoms with Gasteiger partial charge in [0.25, 0.3) is 5.88 Å². The van der Waals surface area contributed by atoms with Gasteiger partial charge >= 0.3 is 0 Å². The maximum atomic E-state index is 9.66. The molecule has 38 heavy (non-hydrogen) atoms. The molecule has 0 spiro atoms. The number of hydrogen-bond donors (Lipinski definition) is 1. The van der Waals surface area contributed by atoms with Crippen molar-refractivity contribution in [3.05, 3.63) is 24.2 Å². The van der Waals surface area contributed by atoms with E-state index in [9.17, 15) is 5.26 Å². The molecule has 0 amide bonds. The number of ether oxygens (including phenoxy) is 3. The number of fused-ring (bicyclic) bond motifs is 1. The van der Waals surface area contributed by atoms with Gasteiger partial charge in [-0.3, -0.25) is 4.68 Å². The van der Waals surface area contributed by atoms with Gasteiger partial charge in [-0.1, -0.05) is 20.8 Å². The normalized spacial score (nSPS) is 17.1. The van der Waals surface area contributed by atoms with Gasteiger partial charge in [0.2, 0.25) is 5.95 Å². The summed E-state index contributed by atoms with van der Waals surface area (Å²) in [4.78, 5) is 9.23. The van der Waals surface area contributed by atoms with Gasteiger partial charge in [-0.25, -0.2) is 4.98 Å². The molecule has 1 saturated heterocycles. The number of nitrogens with zero attached hydrogens (tertiary/aromatic N) is 6. The van der Waals surface area contributed by atoms with Gasteiger partial charge in [-0.05, 0) is 31.1 Å². The van der Waals surface area contributed by atoms with Crippen molar-refractivity contribution in [1.82, 2.24) is 24.3 Å². The molecular formula is C26H39N7O4Si. The van der Waals surface area contributed by atoms with Gasteiger partial charge in [0.1, 0.15) is 29.2 Å². The summed E-state index contributed by atoms with van der Waals surface area (Å²) < 4.78 is 27.1. The number of nitriles is 1. The molecule has 0 bridgehead atoms. The zero-order valence-corrected chi connectivity index (χ0v) is 24.4. The molecule has 0 unspecified atom stereocenters. The Bertz CT molecular complexity index is 1290. The molecule has 3 aromatic rings. The standard InChI is InChI=1S/C26H39N7O4Si/c1-18(16-34-5)33-20(13-27)12-19-14-28-25(30-23(19)33)29-22-15-32(9-11-36-38(6,7)26(2,3)4)31-24(22)37-21-8-10-35-17-21/h12,14-15,18,21H,8-11,16-17H2,1-7H3,(H,28,29,30)/t18-,21-/m0/s1. The first-order valence-corrected chi connectivity index (χ1v) is 15.9. The zero-order valence-electron chi connectivity index (χ0n) is 23.4. The average molecular weight is 542 g/mol. The molecule has 3 aromatic heterocycles. The van der Waals surface area contributed by atoms with Crippen molar-refractivity contribution >= 4 is 31.0 Å². The Hall–Kier alpha value is -2.98. The predicted molar refractivity (Wildman–Crippen MR) is 147 cm³/mol. The minimum Gasteiger partial charge on any atom is -0.469 e. The lowest BCUT2D eigenvalue weighted by atomic mass is 10.2. The summed E-state index contributed by atoms with van der Waals surface area (Å²) in [6.45, 7) is 16.0. The molecular weight excluding hydrogens is 502 g/mol. The van der Waals surface area contributed by atoms with Crippen molar-refractivity contribution in [1.29, 1.82) is 5.26 Å². The molecule has 206 valence electrons. The van der Waals surface area contributed by atoms with Crippen LogP contribution in [0.3, 0.4) is 0 Å². The van der Waals surface area contributed by atoms with Gasteiger partial charge in [0.15, 0.2) is 8.32 Å². The highest BCUT2D eigenvalue weighted by molar-refractivity contribution is 6.74. The number of rotatable bonds is 11. The Morgan fingerprint density at radius 3 is 2.79 bits per heavy atom. The lowest BCUT2D eigenvalue weighted by Crippen LogP contribution is -2.41. The number of aromatic nitrogens is 5. The molecule has 2 atom stereocenters. The quantitative estimate of drug-likeness (QED) is 0.346. The summed E-state index contributed by atoms with van der Waals surface area (Å²) in [6.07, 6.45) is 4.35. The molecule has 12 heteroatoms. The molecule has 0 aliphatic carbocycles. The third-order valence-electron chi connectivity index (χ3n) is 7.27. The van der Waals surface area contributed by atoms with E-state index in [1.807, 2.05) is 22.4 Å². The van der Waals surface area contributed by atoms with E-state index in [0.29, 0.717) is 61.8 Å². The Labute approximate surface area is 225 Å². The first-order chi connectivity index (χ1) is 18.0. The summed E-state index contributed by atoms with van der Waals surface area (Å²) in [5, 5.41) is 18.6. The third kappa shape index (κ3) is 6.18. The van der Waals surface area contributed by atoms with Crippen LogP contribution >= 0.6 is 0 Å². The van der Waals surface area contributed by atoms with Crippen LogP contribution in [-0.4, -0.2) is 72.3 Å². The summed E-state index contributed by atoms with van der Waals surface area (Å²) >= 11 is 0. The molecule has 0 saturated carbocycles. The molecule has 11 nitrogen and oxygen atoms in total. The van der Waals surface area contributed by atoms with Gasteiger partial charge in [-0.2, -0.15) is 10.2 Å². The van der Waals surface area contributed by atoms with Crippen LogP contribution in [0, 0.1) is 11.3 Å². The second-order valence-electron chi connectivity index (χ2n) is 11.2. The van der Waals surface area contributed by atoms with Crippen LogP contribution in [0.1, 0.15) is 45.9 Å². The number of nitrogens with one attached hydrogen (secondary N) is 1. The summed E-state index contributed by atoms with van der Waals surface area (Å²) in [7, 11) is -0.222. The lowest BCUT2D eigenvalue weighted by molar-refractivity contribution is 0.137. The van der Waals surface area contributed by atoms with Gasteiger partial charge in [-0.15, -0.1) is 5.10 Å². The Morgan fingerprint density at radius 1 is 1.34 bits per heavy atom. The van der Waals surface area contributed by atoms with E-state index < -0.39 is 8.32 Å². The SMILES string of the molecule is COC[C@H](C)n1c(C#N)cc2cnc(Nc3cn(CCO[Si](C)(C)C(C)(C)C)nc3O[C@H]3CCOC3)nc21. The van der Waals surface area contributed by atoms with Crippen LogP contribution in [-0.2, 0) is 20.4 Å². The molecule has 0 aromatic carbocycles. The van der Waals surface area contributed by atoms with Crippen LogP contribution < -0.4 is 10.1 Å². The molecule has 1 aliphatic rings. The largest absolute Gasteiger partial charge is 0.469 e. The number of anilines is 2. The molecule has 4 rings (SSSR count). The zero-order chi connectivity index (χ0) is 27.5. The predicted octanol–water partition coefficient (Wildman–Crippen LogP) is 4.64. The minimum atomic E-state index is -1.86. The van der Waals surface area contributed by atoms with Crippen LogP contribution in [0.2, 0.25) is 18.1 Å². The van der Waals surface area contributed by atoms with E-state index in [1.54, 1.807) is 19.4 Å². The number of hydrogen-bond acceptors (Lipinski definition) is 9. The highest BCUT2D eigenvalue weighted by Crippen LogP contribution is 2.36. The highest BCUT2D eigenvalue weighted by Gasteiger charge is 2.37. The van der Waals surface area contributed by atoms with Crippen molar-refractivity contribution in [3.63, 3.8) is 0 Å². The monoisotopic (exact) mass is 541 g/mol. The fraction of sp³-hybridized carbons (Fsp3) is 0.615. The fourth-order valence-electron chi connectivity index (χ4n) is 4.10. The van der Waals surface area contributed by atoms with Crippen LogP contribution in [0.25, 0.3) is 11.0 Å². The van der Waals surface area contributed by atoms with E-state index in [-0.39, 0.29) is 17.2 Å². The number of methoxy groups -OCH3 is 1. The Balaban J connectivity index is 1.59. The van der Waals surface area contributed by atoms with Gasteiger partial charge in [0, 0.05) is 25.1 Å². The van der Waals surface area contributed by atoms with Gasteiger partial charge in [0.05, 0.1) is 45.2 Å². The van der Waals surface area contributed by atoms with E-state index in [0.717, 1.165) is 11.8 Å². The average Bonchev–Trinajstić information content (AvgIpc) is 3.57. The Morgan fingerprint density at radius 2 is 2.13 bits per heavy atom. The van der Waals surface area contributed by atoms with Crippen molar-refractivity contribution in [2.75, 3.05) is 38.9 Å². The van der Waals surface area contributed by atoms with Crippen molar-refractivity contribution < 1.29 is 18.6 Å². The van der Waals surface area contributed by atoms with Crippen molar-refractivity contribution in [2.24, 2.45) is 0 Å². The molecule has 1 aliphatic heterocycles. The van der Waals surface area contributed by atoms with Crippen molar-refractivity contribution in [2.45, 2.75) is 70.9 Å². The molecule has 1 N–H and O–H groups in total. The smallest absolute Gasteiger partial charge is 0.257 e. The van der Waals surface area contributed by atoms with Crippen LogP contribution in [0.15, 0.2) is 18.5 Å². The van der Waals surface area contributed by atoms with Crippen molar-refractivity contribution in [3.8, 4) is 11.9 Å². The second-order valence-corrected chi connectivity index (χ2v) is 16.0. The van der Waals surface area contributed by atoms with Gasteiger partial charge < -0.3 is 28.5 Å². The first-order valence-electron chi connectivity index (χ1n) is 13.0. The van der Waals surface area contributed by atoms with Crippen LogP contribution in [0.4, 0.5) is 11.6 Å². The maximum absolute atomic E-state index is 9.66. The first kappa shape index (κ1) is 28.0. The summed E-state index contributed by atoms with van der Waals surface area (Å²) in [6, 6.07) is 3.97. The van der Waals surface area contributed by atoms with E-state index >= 15 is 0 Å². The third-order valence-corrected chi connectivity index (χ3v) is 11.8. The summed E-state index contributed by atoms with van der Waals surface area (Å²) in [5.74, 6) is 0.855. The Kier molecular flexibility index (Phi) is 8.42. The minimum absolute atomic E-state index is 0.0592. The fourth-order valence-corrected chi connectivity index (χ4v) is 5.14.